The summed E-state index contributed by atoms with van der Waals surface area (Å²) in [7, 11) is 0. The summed E-state index contributed by atoms with van der Waals surface area (Å²) in [5.41, 5.74) is 6.74. The number of hydrogen-bond donors (Lipinski definition) is 1. The largest absolute Gasteiger partial charge is 0.369 e. The summed E-state index contributed by atoms with van der Waals surface area (Å²) in [6.07, 6.45) is 0. The van der Waals surface area contributed by atoms with Crippen molar-refractivity contribution in [2.24, 2.45) is 0 Å². The van der Waals surface area contributed by atoms with Crippen LogP contribution < -0.4 is 5.73 Å². The van der Waals surface area contributed by atoms with E-state index < -0.39 is 11.6 Å². The molecule has 0 saturated heterocycles. The summed E-state index contributed by atoms with van der Waals surface area (Å²) in [5.74, 6) is -2.24. The number of nitrogens with two attached hydrogens (primary N) is 1. The molecule has 102 valence electrons. The molecule has 0 aliphatic heterocycles. The molecule has 0 aliphatic carbocycles. The van der Waals surface area contributed by atoms with Gasteiger partial charge in [-0.05, 0) is 29.8 Å². The van der Waals surface area contributed by atoms with Crippen LogP contribution in [0.2, 0.25) is 0 Å². The van der Waals surface area contributed by atoms with Gasteiger partial charge in [-0.15, -0.1) is 0 Å². The van der Waals surface area contributed by atoms with Crippen LogP contribution in [0.5, 0.6) is 0 Å². The van der Waals surface area contributed by atoms with Gasteiger partial charge in [-0.1, -0.05) is 12.1 Å². The minimum Gasteiger partial charge on any atom is -0.369 e. The highest BCUT2D eigenvalue weighted by Crippen LogP contribution is 2.24. The van der Waals surface area contributed by atoms with Gasteiger partial charge in [0.1, 0.15) is 11.3 Å². The van der Waals surface area contributed by atoms with Crippen LogP contribution in [0.1, 0.15) is 5.56 Å². The fourth-order valence-electron chi connectivity index (χ4n) is 2.11. The van der Waals surface area contributed by atoms with Crippen molar-refractivity contribution in [2.75, 3.05) is 5.73 Å². The van der Waals surface area contributed by atoms with E-state index in [1.54, 1.807) is 12.1 Å². The standard InChI is InChI=1S/C14H10F3N3/c15-9-3-1-8(2-4-9)7-20-13-11(19-14(20)18)6-5-10(16)12(13)17/h1-6H,7H2,(H2,18,19). The molecule has 0 saturated carbocycles. The minimum atomic E-state index is -0.992. The van der Waals surface area contributed by atoms with E-state index in [-0.39, 0.29) is 29.3 Å². The predicted molar refractivity (Wildman–Crippen MR) is 69.6 cm³/mol. The Morgan fingerprint density at radius 1 is 1.00 bits per heavy atom. The molecule has 1 aromatic heterocycles. The first-order valence-corrected chi connectivity index (χ1v) is 5.90. The highest BCUT2D eigenvalue weighted by molar-refractivity contribution is 5.79. The lowest BCUT2D eigenvalue weighted by molar-refractivity contribution is 0.512. The molecule has 0 aliphatic rings. The van der Waals surface area contributed by atoms with Crippen LogP contribution in [0.3, 0.4) is 0 Å². The van der Waals surface area contributed by atoms with Gasteiger partial charge in [0, 0.05) is 0 Å². The number of aromatic nitrogens is 2. The molecule has 0 amide bonds. The van der Waals surface area contributed by atoms with E-state index in [1.807, 2.05) is 0 Å². The highest BCUT2D eigenvalue weighted by atomic mass is 19.2. The Morgan fingerprint density at radius 3 is 2.40 bits per heavy atom. The molecule has 0 fully saturated rings. The maximum Gasteiger partial charge on any atom is 0.201 e. The predicted octanol–water partition coefficient (Wildman–Crippen LogP) is 3.08. The van der Waals surface area contributed by atoms with E-state index in [0.29, 0.717) is 5.56 Å². The Hall–Kier alpha value is -2.50. The summed E-state index contributed by atoms with van der Waals surface area (Å²) in [6.45, 7) is 0.184. The number of imidazole rings is 1. The number of hydrogen-bond acceptors (Lipinski definition) is 2. The summed E-state index contributed by atoms with van der Waals surface area (Å²) >= 11 is 0. The highest BCUT2D eigenvalue weighted by Gasteiger charge is 2.16. The van der Waals surface area contributed by atoms with Crippen LogP contribution in [-0.2, 0) is 6.54 Å². The van der Waals surface area contributed by atoms with Gasteiger partial charge < -0.3 is 10.3 Å². The van der Waals surface area contributed by atoms with Gasteiger partial charge in [0.2, 0.25) is 5.95 Å². The molecule has 1 heterocycles. The van der Waals surface area contributed by atoms with Crippen molar-refractivity contribution in [1.29, 1.82) is 0 Å². The Kier molecular flexibility index (Phi) is 2.85. The van der Waals surface area contributed by atoms with E-state index in [1.165, 1.54) is 22.8 Å². The Bertz CT molecular complexity index is 778. The summed E-state index contributed by atoms with van der Waals surface area (Å²) in [4.78, 5) is 3.99. The lowest BCUT2D eigenvalue weighted by Gasteiger charge is -2.07. The van der Waals surface area contributed by atoms with Gasteiger partial charge in [-0.2, -0.15) is 0 Å². The van der Waals surface area contributed by atoms with Crippen LogP contribution in [0, 0.1) is 17.5 Å². The van der Waals surface area contributed by atoms with Gasteiger partial charge in [0.25, 0.3) is 0 Å². The number of benzene rings is 2. The normalized spacial score (nSPS) is 11.2. The van der Waals surface area contributed by atoms with E-state index in [4.69, 9.17) is 5.73 Å². The third kappa shape index (κ3) is 1.99. The van der Waals surface area contributed by atoms with E-state index >= 15 is 0 Å². The molecule has 20 heavy (non-hydrogen) atoms. The molecule has 0 atom stereocenters. The number of nitrogens with zero attached hydrogens (tertiary/aromatic N) is 2. The Morgan fingerprint density at radius 2 is 1.70 bits per heavy atom. The summed E-state index contributed by atoms with van der Waals surface area (Å²) in [5, 5.41) is 0. The van der Waals surface area contributed by atoms with E-state index in [2.05, 4.69) is 4.98 Å². The molecule has 3 nitrogen and oxygen atoms in total. The first-order chi connectivity index (χ1) is 9.56. The Balaban J connectivity index is 2.13. The second kappa shape index (κ2) is 4.56. The van der Waals surface area contributed by atoms with Crippen LogP contribution in [0.4, 0.5) is 19.1 Å². The third-order valence-corrected chi connectivity index (χ3v) is 3.08. The van der Waals surface area contributed by atoms with Gasteiger partial charge in [-0.3, -0.25) is 0 Å². The molecular formula is C14H10F3N3. The first-order valence-electron chi connectivity index (χ1n) is 5.90. The maximum atomic E-state index is 13.9. The molecule has 0 spiro atoms. The molecule has 0 bridgehead atoms. The lowest BCUT2D eigenvalue weighted by Crippen LogP contribution is -2.06. The average Bonchev–Trinajstić information content (AvgIpc) is 2.74. The minimum absolute atomic E-state index is 0.00632. The van der Waals surface area contributed by atoms with Crippen LogP contribution in [0.15, 0.2) is 36.4 Å². The number of anilines is 1. The molecular weight excluding hydrogens is 267 g/mol. The second-order valence-corrected chi connectivity index (χ2v) is 4.41. The zero-order valence-electron chi connectivity index (χ0n) is 10.3. The van der Waals surface area contributed by atoms with Crippen molar-refractivity contribution in [2.45, 2.75) is 6.54 Å². The van der Waals surface area contributed by atoms with Crippen LogP contribution >= 0.6 is 0 Å². The molecule has 0 radical (unpaired) electrons. The Labute approximate surface area is 112 Å². The number of nitrogen functional groups attached to an aromatic ring is 1. The van der Waals surface area contributed by atoms with Crippen molar-refractivity contribution in [3.05, 3.63) is 59.4 Å². The molecule has 0 unspecified atom stereocenters. The maximum absolute atomic E-state index is 13.9. The van der Waals surface area contributed by atoms with Crippen LogP contribution in [0.25, 0.3) is 11.0 Å². The lowest BCUT2D eigenvalue weighted by atomic mass is 10.2. The van der Waals surface area contributed by atoms with E-state index in [9.17, 15) is 13.2 Å². The second-order valence-electron chi connectivity index (χ2n) is 4.41. The van der Waals surface area contributed by atoms with Crippen molar-refractivity contribution in [3.8, 4) is 0 Å². The number of halogens is 3. The average molecular weight is 277 g/mol. The zero-order valence-corrected chi connectivity index (χ0v) is 10.3. The molecule has 3 rings (SSSR count). The van der Waals surface area contributed by atoms with Gasteiger partial charge >= 0.3 is 0 Å². The number of fused-ring (bicyclic) bond motifs is 1. The molecule has 2 N–H and O–H groups in total. The molecule has 6 heteroatoms. The fraction of sp³-hybridized carbons (Fsp3) is 0.0714. The zero-order chi connectivity index (χ0) is 14.3. The van der Waals surface area contributed by atoms with E-state index in [0.717, 1.165) is 6.07 Å². The SMILES string of the molecule is Nc1nc2ccc(F)c(F)c2n1Cc1ccc(F)cc1. The third-order valence-electron chi connectivity index (χ3n) is 3.08. The van der Waals surface area contributed by atoms with Crippen molar-refractivity contribution < 1.29 is 13.2 Å². The monoisotopic (exact) mass is 277 g/mol. The van der Waals surface area contributed by atoms with Crippen molar-refractivity contribution >= 4 is 17.0 Å². The summed E-state index contributed by atoms with van der Waals surface area (Å²) < 4.78 is 41.4. The van der Waals surface area contributed by atoms with Gasteiger partial charge in [0.15, 0.2) is 11.6 Å². The molecule has 2 aromatic carbocycles. The quantitative estimate of drug-likeness (QED) is 0.782. The van der Waals surface area contributed by atoms with Crippen LogP contribution in [-0.4, -0.2) is 9.55 Å². The van der Waals surface area contributed by atoms with Gasteiger partial charge in [0.05, 0.1) is 12.1 Å². The molecule has 3 aromatic rings. The number of rotatable bonds is 2. The topological polar surface area (TPSA) is 43.8 Å². The van der Waals surface area contributed by atoms with Crippen molar-refractivity contribution in [1.82, 2.24) is 9.55 Å². The van der Waals surface area contributed by atoms with Crippen molar-refractivity contribution in [3.63, 3.8) is 0 Å². The summed E-state index contributed by atoms with van der Waals surface area (Å²) in [6, 6.07) is 8.07. The van der Waals surface area contributed by atoms with Gasteiger partial charge in [-0.25, -0.2) is 18.2 Å². The fourth-order valence-corrected chi connectivity index (χ4v) is 2.11. The first kappa shape index (κ1) is 12.5. The smallest absolute Gasteiger partial charge is 0.201 e.